The number of aliphatic carboxylic acids is 1. The molecule has 0 spiro atoms. The third-order valence-electron chi connectivity index (χ3n) is 4.60. The lowest BCUT2D eigenvalue weighted by molar-refractivity contribution is -0.137. The van der Waals surface area contributed by atoms with E-state index in [0.29, 0.717) is 6.73 Å². The SMILES string of the molecule is C=Nc1ccc(OC)cc1N(C)COc1ccc(CCC(CC(=O)O)SC)cc1. The fraction of sp³-hybridized carbons (Fsp3) is 0.364. The second-order valence-corrected chi connectivity index (χ2v) is 7.76. The number of benzene rings is 2. The molecule has 0 saturated heterocycles. The van der Waals surface area contributed by atoms with Gasteiger partial charge in [0.15, 0.2) is 6.73 Å². The molecule has 2 aromatic carbocycles. The van der Waals surface area contributed by atoms with E-state index in [1.165, 1.54) is 5.56 Å². The highest BCUT2D eigenvalue weighted by Gasteiger charge is 2.12. The van der Waals surface area contributed by atoms with E-state index >= 15 is 0 Å². The number of carbonyl (C=O) groups is 1. The summed E-state index contributed by atoms with van der Waals surface area (Å²) in [5, 5.41) is 9.08. The highest BCUT2D eigenvalue weighted by atomic mass is 32.2. The molecule has 6 nitrogen and oxygen atoms in total. The number of aliphatic imine (C=N–C) groups is 1. The fourth-order valence-electron chi connectivity index (χ4n) is 2.89. The Morgan fingerprint density at radius 2 is 1.93 bits per heavy atom. The highest BCUT2D eigenvalue weighted by Crippen LogP contribution is 2.31. The van der Waals surface area contributed by atoms with Crippen molar-refractivity contribution in [2.75, 3.05) is 32.0 Å². The molecule has 0 amide bonds. The minimum Gasteiger partial charge on any atom is -0.497 e. The Morgan fingerprint density at radius 1 is 1.24 bits per heavy atom. The number of hydrogen-bond donors (Lipinski definition) is 1. The van der Waals surface area contributed by atoms with Crippen molar-refractivity contribution in [2.24, 2.45) is 4.99 Å². The van der Waals surface area contributed by atoms with Crippen LogP contribution in [0.4, 0.5) is 11.4 Å². The van der Waals surface area contributed by atoms with E-state index in [1.54, 1.807) is 18.9 Å². The predicted octanol–water partition coefficient (Wildman–Crippen LogP) is 4.64. The van der Waals surface area contributed by atoms with E-state index in [4.69, 9.17) is 14.6 Å². The average Bonchev–Trinajstić information content (AvgIpc) is 2.74. The van der Waals surface area contributed by atoms with Gasteiger partial charge in [-0.3, -0.25) is 9.79 Å². The van der Waals surface area contributed by atoms with Crippen molar-refractivity contribution in [3.05, 3.63) is 48.0 Å². The van der Waals surface area contributed by atoms with Crippen molar-refractivity contribution in [3.8, 4) is 11.5 Å². The van der Waals surface area contributed by atoms with Crippen molar-refractivity contribution in [2.45, 2.75) is 24.5 Å². The largest absolute Gasteiger partial charge is 0.497 e. The molecule has 29 heavy (non-hydrogen) atoms. The Morgan fingerprint density at radius 3 is 2.52 bits per heavy atom. The topological polar surface area (TPSA) is 71.4 Å². The van der Waals surface area contributed by atoms with Gasteiger partial charge < -0.3 is 19.5 Å². The number of carboxylic acids is 1. The van der Waals surface area contributed by atoms with E-state index in [0.717, 1.165) is 35.7 Å². The maximum Gasteiger partial charge on any atom is 0.304 e. The number of ether oxygens (including phenoxy) is 2. The van der Waals surface area contributed by atoms with Crippen molar-refractivity contribution < 1.29 is 19.4 Å². The van der Waals surface area contributed by atoms with Crippen LogP contribution in [0.1, 0.15) is 18.4 Å². The Labute approximate surface area is 176 Å². The molecule has 0 radical (unpaired) electrons. The molecule has 0 fully saturated rings. The summed E-state index contributed by atoms with van der Waals surface area (Å²) in [4.78, 5) is 16.9. The number of thioether (sulfide) groups is 1. The van der Waals surface area contributed by atoms with Gasteiger partial charge in [-0.25, -0.2) is 0 Å². The van der Waals surface area contributed by atoms with Gasteiger partial charge in [0, 0.05) is 18.4 Å². The lowest BCUT2D eigenvalue weighted by Crippen LogP contribution is -2.23. The first-order chi connectivity index (χ1) is 14.0. The smallest absolute Gasteiger partial charge is 0.304 e. The van der Waals surface area contributed by atoms with Gasteiger partial charge in [0.05, 0.1) is 24.9 Å². The van der Waals surface area contributed by atoms with E-state index in [1.807, 2.05) is 60.7 Å². The van der Waals surface area contributed by atoms with Crippen LogP contribution in [-0.2, 0) is 11.2 Å². The van der Waals surface area contributed by atoms with Gasteiger partial charge in [-0.15, -0.1) is 0 Å². The second kappa shape index (κ2) is 11.4. The molecule has 0 aliphatic heterocycles. The molecule has 2 rings (SSSR count). The molecule has 0 aliphatic carbocycles. The molecule has 156 valence electrons. The van der Waals surface area contributed by atoms with Gasteiger partial charge in [-0.05, 0) is 55.6 Å². The summed E-state index contributed by atoms with van der Waals surface area (Å²) in [5.41, 5.74) is 2.80. The van der Waals surface area contributed by atoms with Crippen molar-refractivity contribution in [1.82, 2.24) is 0 Å². The average molecular weight is 417 g/mol. The van der Waals surface area contributed by atoms with E-state index in [-0.39, 0.29) is 11.7 Å². The minimum absolute atomic E-state index is 0.132. The second-order valence-electron chi connectivity index (χ2n) is 6.62. The first-order valence-electron chi connectivity index (χ1n) is 9.29. The van der Waals surface area contributed by atoms with Crippen LogP contribution in [0.15, 0.2) is 47.5 Å². The van der Waals surface area contributed by atoms with Crippen molar-refractivity contribution in [1.29, 1.82) is 0 Å². The molecular weight excluding hydrogens is 388 g/mol. The van der Waals surface area contributed by atoms with E-state index in [9.17, 15) is 4.79 Å². The summed E-state index contributed by atoms with van der Waals surface area (Å²) in [6.45, 7) is 3.97. The summed E-state index contributed by atoms with van der Waals surface area (Å²) in [7, 11) is 3.55. The summed E-state index contributed by atoms with van der Waals surface area (Å²) < 4.78 is 11.2. The van der Waals surface area contributed by atoms with Gasteiger partial charge in [-0.2, -0.15) is 11.8 Å². The lowest BCUT2D eigenvalue weighted by atomic mass is 10.1. The fourth-order valence-corrected chi connectivity index (χ4v) is 3.55. The molecule has 2 aromatic rings. The lowest BCUT2D eigenvalue weighted by Gasteiger charge is -2.22. The Kier molecular flexibility index (Phi) is 8.86. The number of carboxylic acid groups (broad SMARTS) is 1. The monoisotopic (exact) mass is 416 g/mol. The Hall–Kier alpha value is -2.67. The van der Waals surface area contributed by atoms with Crippen LogP contribution in [0.3, 0.4) is 0 Å². The number of aryl methyl sites for hydroxylation is 1. The first kappa shape index (κ1) is 22.6. The van der Waals surface area contributed by atoms with Crippen LogP contribution in [0.5, 0.6) is 11.5 Å². The Balaban J connectivity index is 1.91. The maximum absolute atomic E-state index is 10.9. The van der Waals surface area contributed by atoms with E-state index in [2.05, 4.69) is 11.7 Å². The molecule has 0 saturated carbocycles. The quantitative estimate of drug-likeness (QED) is 0.401. The normalized spacial score (nSPS) is 11.6. The molecule has 1 N–H and O–H groups in total. The van der Waals surface area contributed by atoms with Crippen LogP contribution in [0.2, 0.25) is 0 Å². The van der Waals surface area contributed by atoms with Gasteiger partial charge in [0.1, 0.15) is 11.5 Å². The molecule has 0 bridgehead atoms. The van der Waals surface area contributed by atoms with Crippen molar-refractivity contribution >= 4 is 35.8 Å². The molecular formula is C22H28N2O4S. The standard InChI is InChI=1S/C22H28N2O4S/c1-23-20-12-10-18(27-3)13-21(20)24(2)15-28-17-8-5-16(6-9-17)7-11-19(29-4)14-22(25)26/h5-6,8-10,12-13,19H,1,7,11,14-15H2,2-4H3,(H,25,26). The van der Waals surface area contributed by atoms with Crippen molar-refractivity contribution in [3.63, 3.8) is 0 Å². The zero-order valence-electron chi connectivity index (χ0n) is 17.1. The van der Waals surface area contributed by atoms with Crippen LogP contribution < -0.4 is 14.4 Å². The predicted molar refractivity (Wildman–Crippen MR) is 120 cm³/mol. The number of nitrogens with zero attached hydrogens (tertiary/aromatic N) is 2. The molecule has 7 heteroatoms. The van der Waals surface area contributed by atoms with Gasteiger partial charge in [0.2, 0.25) is 0 Å². The molecule has 0 heterocycles. The molecule has 0 aromatic heterocycles. The third-order valence-corrected chi connectivity index (χ3v) is 5.67. The Bertz CT molecular complexity index is 811. The summed E-state index contributed by atoms with van der Waals surface area (Å²) >= 11 is 1.60. The van der Waals surface area contributed by atoms with E-state index < -0.39 is 5.97 Å². The molecule has 0 aliphatic rings. The zero-order valence-corrected chi connectivity index (χ0v) is 17.9. The number of hydrogen-bond acceptors (Lipinski definition) is 6. The number of anilines is 1. The summed E-state index contributed by atoms with van der Waals surface area (Å²) in [6.07, 6.45) is 3.83. The number of rotatable bonds is 12. The molecule has 1 unspecified atom stereocenters. The number of methoxy groups -OCH3 is 1. The minimum atomic E-state index is -0.747. The summed E-state index contributed by atoms with van der Waals surface area (Å²) in [6, 6.07) is 13.5. The first-order valence-corrected chi connectivity index (χ1v) is 10.6. The maximum atomic E-state index is 10.9. The molecule has 1 atom stereocenters. The van der Waals surface area contributed by atoms with Crippen LogP contribution >= 0.6 is 11.8 Å². The van der Waals surface area contributed by atoms with Gasteiger partial charge in [-0.1, -0.05) is 12.1 Å². The van der Waals surface area contributed by atoms with Crippen LogP contribution in [0.25, 0.3) is 0 Å². The van der Waals surface area contributed by atoms with Gasteiger partial charge in [0.25, 0.3) is 0 Å². The van der Waals surface area contributed by atoms with Gasteiger partial charge >= 0.3 is 5.97 Å². The summed E-state index contributed by atoms with van der Waals surface area (Å²) in [5.74, 6) is 0.765. The van der Waals surface area contributed by atoms with Crippen LogP contribution in [0, 0.1) is 0 Å². The highest BCUT2D eigenvalue weighted by molar-refractivity contribution is 7.99. The van der Waals surface area contributed by atoms with Crippen LogP contribution in [-0.4, -0.2) is 50.2 Å². The zero-order chi connectivity index (χ0) is 21.2. The third kappa shape index (κ3) is 7.02.